The summed E-state index contributed by atoms with van der Waals surface area (Å²) in [5.41, 5.74) is 6.47. The van der Waals surface area contributed by atoms with E-state index in [9.17, 15) is 9.59 Å². The number of pyridine rings is 1. The highest BCUT2D eigenvalue weighted by molar-refractivity contribution is 6.04. The van der Waals surface area contributed by atoms with Gasteiger partial charge in [-0.25, -0.2) is 4.98 Å². The second-order valence-electron chi connectivity index (χ2n) is 7.83. The zero-order valence-electron chi connectivity index (χ0n) is 18.9. The fourth-order valence-electron chi connectivity index (χ4n) is 3.57. The van der Waals surface area contributed by atoms with Gasteiger partial charge in [-0.1, -0.05) is 25.1 Å². The number of carbonyl (C=O) groups is 2. The second-order valence-corrected chi connectivity index (χ2v) is 7.83. The lowest BCUT2D eigenvalue weighted by molar-refractivity contribution is -0.119. The van der Waals surface area contributed by atoms with Crippen molar-refractivity contribution in [2.75, 3.05) is 48.3 Å². The molecule has 4 N–H and O–H groups in total. The highest BCUT2D eigenvalue weighted by Crippen LogP contribution is 2.18. The van der Waals surface area contributed by atoms with Crippen LogP contribution >= 0.6 is 0 Å². The Morgan fingerprint density at radius 1 is 1.03 bits per heavy atom. The van der Waals surface area contributed by atoms with Crippen molar-refractivity contribution in [3.63, 3.8) is 0 Å². The van der Waals surface area contributed by atoms with Crippen molar-refractivity contribution in [3.8, 4) is 0 Å². The highest BCUT2D eigenvalue weighted by atomic mass is 16.2. The molecule has 1 saturated heterocycles. The first-order valence-corrected chi connectivity index (χ1v) is 11.1. The lowest BCUT2D eigenvalue weighted by atomic mass is 10.2. The minimum atomic E-state index is -0.333. The summed E-state index contributed by atoms with van der Waals surface area (Å²) in [6, 6.07) is 12.5. The molecule has 1 fully saturated rings. The maximum Gasteiger partial charge on any atom is 0.255 e. The number of carbonyl (C=O) groups excluding carboxylic acids is 2. The maximum absolute atomic E-state index is 12.6. The first-order chi connectivity index (χ1) is 16.5. The van der Waals surface area contributed by atoms with E-state index in [1.165, 1.54) is 0 Å². The van der Waals surface area contributed by atoms with Crippen LogP contribution in [0.1, 0.15) is 23.1 Å². The summed E-state index contributed by atoms with van der Waals surface area (Å²) in [6.45, 7) is 4.96. The van der Waals surface area contributed by atoms with Crippen LogP contribution in [0.25, 0.3) is 0 Å². The standard InChI is InChI=1S/C23H27N9O2/c1-2-19-27-22(30-23(29-19)32-12-10-31(11-13-32)15-18(24)33)28-20-14-16(8-9-25-20)21(34)26-17-6-4-3-5-7-17/h3-9,14H,2,10-13,15H2,1H3,(H2,24,33)(H,26,34)(H,25,27,28,29,30). The zero-order valence-corrected chi connectivity index (χ0v) is 18.9. The van der Waals surface area contributed by atoms with Gasteiger partial charge in [0.1, 0.15) is 11.6 Å². The van der Waals surface area contributed by atoms with Gasteiger partial charge in [0.2, 0.25) is 17.8 Å². The van der Waals surface area contributed by atoms with Gasteiger partial charge in [0, 0.05) is 50.0 Å². The number of aryl methyl sites for hydroxylation is 1. The van der Waals surface area contributed by atoms with Crippen LogP contribution in [0, 0.1) is 0 Å². The van der Waals surface area contributed by atoms with Crippen LogP contribution in [-0.4, -0.2) is 69.4 Å². The summed E-state index contributed by atoms with van der Waals surface area (Å²) in [5.74, 6) is 1.44. The van der Waals surface area contributed by atoms with E-state index in [-0.39, 0.29) is 18.4 Å². The predicted molar refractivity (Wildman–Crippen MR) is 129 cm³/mol. The van der Waals surface area contributed by atoms with E-state index in [1.54, 1.807) is 18.3 Å². The third-order valence-electron chi connectivity index (χ3n) is 5.31. The number of aromatic nitrogens is 4. The van der Waals surface area contributed by atoms with E-state index in [1.807, 2.05) is 42.2 Å². The van der Waals surface area contributed by atoms with E-state index in [4.69, 9.17) is 5.73 Å². The fourth-order valence-corrected chi connectivity index (χ4v) is 3.57. The van der Waals surface area contributed by atoms with E-state index in [0.717, 1.165) is 0 Å². The molecule has 4 rings (SSSR count). The number of piperazine rings is 1. The quantitative estimate of drug-likeness (QED) is 0.454. The monoisotopic (exact) mass is 461 g/mol. The molecule has 3 aromatic rings. The largest absolute Gasteiger partial charge is 0.369 e. The molecule has 0 spiro atoms. The summed E-state index contributed by atoms with van der Waals surface area (Å²) in [5, 5.41) is 5.96. The normalized spacial score (nSPS) is 14.0. The topological polar surface area (TPSA) is 142 Å². The molecule has 0 saturated carbocycles. The summed E-state index contributed by atoms with van der Waals surface area (Å²) in [7, 11) is 0. The van der Waals surface area contributed by atoms with Crippen LogP contribution in [0.2, 0.25) is 0 Å². The van der Waals surface area contributed by atoms with Gasteiger partial charge < -0.3 is 21.3 Å². The molecule has 0 aliphatic carbocycles. The second kappa shape index (κ2) is 10.7. The Hall–Kier alpha value is -4.12. The molecule has 1 aromatic carbocycles. The molecule has 1 aliphatic heterocycles. The summed E-state index contributed by atoms with van der Waals surface area (Å²) >= 11 is 0. The van der Waals surface area contributed by atoms with Crippen molar-refractivity contribution < 1.29 is 9.59 Å². The van der Waals surface area contributed by atoms with Gasteiger partial charge in [-0.2, -0.15) is 15.0 Å². The van der Waals surface area contributed by atoms with Gasteiger partial charge in [-0.15, -0.1) is 0 Å². The molecule has 11 nitrogen and oxygen atoms in total. The third-order valence-corrected chi connectivity index (χ3v) is 5.31. The molecule has 0 bridgehead atoms. The van der Waals surface area contributed by atoms with Crippen LogP contribution in [-0.2, 0) is 11.2 Å². The number of benzene rings is 1. The molecular weight excluding hydrogens is 434 g/mol. The van der Waals surface area contributed by atoms with Crippen molar-refractivity contribution in [3.05, 3.63) is 60.0 Å². The summed E-state index contributed by atoms with van der Waals surface area (Å²) in [4.78, 5) is 45.8. The lowest BCUT2D eigenvalue weighted by Gasteiger charge is -2.34. The smallest absolute Gasteiger partial charge is 0.255 e. The van der Waals surface area contributed by atoms with Crippen LogP contribution in [0.4, 0.5) is 23.4 Å². The van der Waals surface area contributed by atoms with E-state index in [0.29, 0.717) is 67.4 Å². The number of nitrogens with one attached hydrogen (secondary N) is 2. The average Bonchev–Trinajstić information content (AvgIpc) is 2.84. The van der Waals surface area contributed by atoms with E-state index >= 15 is 0 Å². The SMILES string of the molecule is CCc1nc(Nc2cc(C(=O)Nc3ccccc3)ccn2)nc(N2CCN(CC(N)=O)CC2)n1. The number of nitrogens with zero attached hydrogens (tertiary/aromatic N) is 6. The molecule has 0 radical (unpaired) electrons. The maximum atomic E-state index is 12.6. The minimum absolute atomic E-state index is 0.240. The number of hydrogen-bond donors (Lipinski definition) is 3. The number of nitrogens with two attached hydrogens (primary N) is 1. The van der Waals surface area contributed by atoms with Crippen molar-refractivity contribution >= 4 is 35.2 Å². The molecule has 176 valence electrons. The average molecular weight is 462 g/mol. The van der Waals surface area contributed by atoms with Gasteiger partial charge in [-0.05, 0) is 24.3 Å². The van der Waals surface area contributed by atoms with Gasteiger partial charge >= 0.3 is 0 Å². The van der Waals surface area contributed by atoms with Gasteiger partial charge in [-0.3, -0.25) is 14.5 Å². The molecule has 2 aromatic heterocycles. The Balaban J connectivity index is 1.47. The Morgan fingerprint density at radius 3 is 2.50 bits per heavy atom. The van der Waals surface area contributed by atoms with E-state index in [2.05, 4.69) is 35.5 Å². The van der Waals surface area contributed by atoms with Crippen molar-refractivity contribution in [1.29, 1.82) is 0 Å². The molecule has 0 unspecified atom stereocenters. The number of primary amides is 1. The van der Waals surface area contributed by atoms with Crippen LogP contribution in [0.5, 0.6) is 0 Å². The molecule has 3 heterocycles. The summed E-state index contributed by atoms with van der Waals surface area (Å²) in [6.07, 6.45) is 2.20. The van der Waals surface area contributed by atoms with Crippen LogP contribution in [0.15, 0.2) is 48.7 Å². The van der Waals surface area contributed by atoms with Gasteiger partial charge in [0.25, 0.3) is 5.91 Å². The zero-order chi connectivity index (χ0) is 23.9. The highest BCUT2D eigenvalue weighted by Gasteiger charge is 2.21. The van der Waals surface area contributed by atoms with Crippen LogP contribution < -0.4 is 21.3 Å². The predicted octanol–water partition coefficient (Wildman–Crippen LogP) is 1.43. The Morgan fingerprint density at radius 2 is 1.79 bits per heavy atom. The lowest BCUT2D eigenvalue weighted by Crippen LogP contribution is -2.49. The first kappa shape index (κ1) is 23.1. The van der Waals surface area contributed by atoms with E-state index < -0.39 is 0 Å². The first-order valence-electron chi connectivity index (χ1n) is 11.1. The number of hydrogen-bond acceptors (Lipinski definition) is 9. The van der Waals surface area contributed by atoms with Crippen molar-refractivity contribution in [2.45, 2.75) is 13.3 Å². The molecule has 1 aliphatic rings. The Kier molecular flexibility index (Phi) is 7.23. The Bertz CT molecular complexity index is 1150. The van der Waals surface area contributed by atoms with Gasteiger partial charge in [0.15, 0.2) is 0 Å². The fraction of sp³-hybridized carbons (Fsp3) is 0.304. The van der Waals surface area contributed by atoms with Crippen molar-refractivity contribution in [1.82, 2.24) is 24.8 Å². The summed E-state index contributed by atoms with van der Waals surface area (Å²) < 4.78 is 0. The Labute approximate surface area is 197 Å². The van der Waals surface area contributed by atoms with Crippen molar-refractivity contribution in [2.24, 2.45) is 5.73 Å². The van der Waals surface area contributed by atoms with Gasteiger partial charge in [0.05, 0.1) is 6.54 Å². The molecule has 11 heteroatoms. The molecule has 0 atom stereocenters. The minimum Gasteiger partial charge on any atom is -0.369 e. The molecule has 34 heavy (non-hydrogen) atoms. The molecular formula is C23H27N9O2. The molecule has 2 amide bonds. The number of para-hydroxylation sites is 1. The number of amides is 2. The van der Waals surface area contributed by atoms with Crippen LogP contribution in [0.3, 0.4) is 0 Å². The number of anilines is 4. The number of rotatable bonds is 8. The third kappa shape index (κ3) is 6.01.